The number of hydroxylamine groups is 2. The molecule has 1 unspecified atom stereocenters. The number of methoxy groups -OCH3 is 1. The van der Waals surface area contributed by atoms with Crippen molar-refractivity contribution in [3.05, 3.63) is 83.4 Å². The summed E-state index contributed by atoms with van der Waals surface area (Å²) in [6, 6.07) is 20.8. The fraction of sp³-hybridized carbons (Fsp3) is 0.565. The number of nitrogens with two attached hydrogens (primary N) is 1. The molecule has 3 aromatic carbocycles. The summed E-state index contributed by atoms with van der Waals surface area (Å²) in [6.45, 7) is 9.95. The fourth-order valence-electron chi connectivity index (χ4n) is 10.0. The van der Waals surface area contributed by atoms with Gasteiger partial charge in [-0.15, -0.1) is 0 Å². The van der Waals surface area contributed by atoms with E-state index in [9.17, 15) is 19.8 Å². The first-order chi connectivity index (χ1) is 27.7. The third-order valence-electron chi connectivity index (χ3n) is 13.4. The maximum atomic E-state index is 14.4. The molecule has 4 fully saturated rings. The lowest BCUT2D eigenvalue weighted by molar-refractivity contribution is -0.175. The largest absolute Gasteiger partial charge is 0.496 e. The number of hydrogen-bond acceptors (Lipinski definition) is 10. The number of hydrogen-bond donors (Lipinski definition) is 5. The van der Waals surface area contributed by atoms with Gasteiger partial charge in [0.15, 0.2) is 0 Å². The molecule has 9 atom stereocenters. The molecule has 0 radical (unpaired) electrons. The van der Waals surface area contributed by atoms with Gasteiger partial charge in [0.1, 0.15) is 11.8 Å². The number of para-hydroxylation sites is 1. The van der Waals surface area contributed by atoms with Crippen LogP contribution in [-0.2, 0) is 22.6 Å². The van der Waals surface area contributed by atoms with Crippen LogP contribution in [0.4, 0.5) is 5.69 Å². The Morgan fingerprint density at radius 2 is 1.81 bits per heavy atom. The van der Waals surface area contributed by atoms with Gasteiger partial charge in [0, 0.05) is 67.1 Å². The molecule has 1 saturated heterocycles. The molecule has 0 spiro atoms. The zero-order valence-corrected chi connectivity index (χ0v) is 35.7. The molecule has 2 bridgehead atoms. The highest BCUT2D eigenvalue weighted by Crippen LogP contribution is 2.61. The molecule has 12 heteroatoms. The molecule has 4 aliphatic rings. The summed E-state index contributed by atoms with van der Waals surface area (Å²) in [4.78, 5) is 38.9. The predicted octanol–water partition coefficient (Wildman–Crippen LogP) is 4.32. The molecular formula is C46H66N6O6. The van der Waals surface area contributed by atoms with Crippen molar-refractivity contribution in [3.8, 4) is 16.9 Å². The Bertz CT molecular complexity index is 1870. The van der Waals surface area contributed by atoms with Crippen molar-refractivity contribution >= 4 is 17.5 Å². The summed E-state index contributed by atoms with van der Waals surface area (Å²) in [5.74, 6) is 1.14. The van der Waals surface area contributed by atoms with Crippen LogP contribution in [0.1, 0.15) is 62.0 Å². The molecule has 7 rings (SSSR count). The van der Waals surface area contributed by atoms with Gasteiger partial charge in [0.25, 0.3) is 5.91 Å². The summed E-state index contributed by atoms with van der Waals surface area (Å²) in [5.41, 5.74) is 11.1. The van der Waals surface area contributed by atoms with Crippen LogP contribution in [-0.4, -0.2) is 117 Å². The number of rotatable bonds is 17. The second-order valence-corrected chi connectivity index (χ2v) is 17.8. The van der Waals surface area contributed by atoms with E-state index in [1.807, 2.05) is 80.6 Å². The van der Waals surface area contributed by atoms with E-state index in [1.165, 1.54) is 6.42 Å². The summed E-state index contributed by atoms with van der Waals surface area (Å²) in [7, 11) is 7.48. The highest BCUT2D eigenvalue weighted by Gasteiger charge is 2.57. The lowest BCUT2D eigenvalue weighted by atomic mass is 9.45. The Kier molecular flexibility index (Phi) is 13.9. The summed E-state index contributed by atoms with van der Waals surface area (Å²) < 4.78 is 6.14. The fourth-order valence-corrected chi connectivity index (χ4v) is 10.0. The smallest absolute Gasteiger partial charge is 0.251 e. The minimum atomic E-state index is -0.841. The normalized spacial score (nSPS) is 26.1. The molecule has 6 N–H and O–H groups in total. The Morgan fingerprint density at radius 3 is 2.43 bits per heavy atom. The Hall–Kier alpha value is -4.04. The number of likely N-dealkylation sites (N-methyl/N-ethyl adjacent to an activating group) is 2. The van der Waals surface area contributed by atoms with E-state index in [-0.39, 0.29) is 49.0 Å². The van der Waals surface area contributed by atoms with Crippen LogP contribution in [0.25, 0.3) is 11.1 Å². The number of carbonyl (C=O) groups is 2. The molecule has 0 aromatic heterocycles. The van der Waals surface area contributed by atoms with Gasteiger partial charge in [-0.3, -0.25) is 14.4 Å². The Morgan fingerprint density at radius 1 is 1.07 bits per heavy atom. The van der Waals surface area contributed by atoms with E-state index in [2.05, 4.69) is 48.4 Å². The third-order valence-corrected chi connectivity index (χ3v) is 13.4. The first kappa shape index (κ1) is 43.5. The highest BCUT2D eigenvalue weighted by atomic mass is 16.7. The van der Waals surface area contributed by atoms with Gasteiger partial charge in [-0.2, -0.15) is 5.06 Å². The van der Waals surface area contributed by atoms with Crippen LogP contribution in [0, 0.1) is 29.1 Å². The maximum Gasteiger partial charge on any atom is 0.251 e. The molecule has 58 heavy (non-hydrogen) atoms. The topological polar surface area (TPSA) is 153 Å². The first-order valence-electron chi connectivity index (χ1n) is 20.9. The van der Waals surface area contributed by atoms with E-state index in [0.717, 1.165) is 34.4 Å². The second-order valence-electron chi connectivity index (χ2n) is 17.8. The zero-order valence-electron chi connectivity index (χ0n) is 35.7. The summed E-state index contributed by atoms with van der Waals surface area (Å²) in [6.07, 6.45) is 1.43. The lowest BCUT2D eigenvalue weighted by Crippen LogP contribution is -2.62. The first-order valence-corrected chi connectivity index (χ1v) is 20.9. The average Bonchev–Trinajstić information content (AvgIpc) is 3.57. The van der Waals surface area contributed by atoms with Crippen LogP contribution in [0.3, 0.4) is 0 Å². The van der Waals surface area contributed by atoms with Crippen molar-refractivity contribution in [2.45, 2.75) is 83.8 Å². The average molecular weight is 799 g/mol. The van der Waals surface area contributed by atoms with Gasteiger partial charge < -0.3 is 41.1 Å². The Labute approximate surface area is 345 Å². The predicted molar refractivity (Wildman–Crippen MR) is 228 cm³/mol. The van der Waals surface area contributed by atoms with Crippen molar-refractivity contribution in [1.29, 1.82) is 0 Å². The molecule has 3 aromatic rings. The molecule has 12 nitrogen and oxygen atoms in total. The number of nitrogens with one attached hydrogen (secondary N) is 2. The van der Waals surface area contributed by atoms with Crippen LogP contribution in [0.5, 0.6) is 5.75 Å². The number of aliphatic hydroxyl groups is 2. The molecule has 316 valence electrons. The van der Waals surface area contributed by atoms with E-state index >= 15 is 0 Å². The quantitative estimate of drug-likeness (QED) is 0.134. The number of fused-ring (bicyclic) bond motifs is 2. The van der Waals surface area contributed by atoms with Crippen molar-refractivity contribution in [1.82, 2.24) is 20.6 Å². The third kappa shape index (κ3) is 9.22. The minimum Gasteiger partial charge on any atom is -0.496 e. The van der Waals surface area contributed by atoms with Gasteiger partial charge in [-0.05, 0) is 92.8 Å². The zero-order chi connectivity index (χ0) is 41.9. The van der Waals surface area contributed by atoms with Crippen molar-refractivity contribution < 1.29 is 29.4 Å². The number of ether oxygens (including phenoxy) is 1. The molecule has 2 amide bonds. The van der Waals surface area contributed by atoms with Crippen LogP contribution >= 0.6 is 0 Å². The standard InChI is InChI=1S/C46H66N6O6/c1-28-38-23-34(46(38,3)4)24-39(28)49-45(56)42-41(29(2)54)40(25-47)58-52(42)26-31-15-12-16-37(43(31)57-8)32-20-33(22-36(21-32)51(7)17-18-53)44(55)48-35(27-50(5)6)19-30-13-10-9-11-14-30/h9-16,20-22,28-29,34-35,38-42,53-54H,17-19,23-27,47H2,1-8H3,(H,48,55)(H,49,56)/t28-,29-,34+,35-,38-,39-,40-,41?,42-/m0/s1. The number of carbonyl (C=O) groups excluding carboxylic acids is 2. The number of aliphatic hydroxyl groups excluding tert-OH is 2. The highest BCUT2D eigenvalue weighted by molar-refractivity contribution is 5.97. The second kappa shape index (κ2) is 18.5. The molecule has 3 saturated carbocycles. The molecule has 1 aliphatic heterocycles. The van der Waals surface area contributed by atoms with Crippen molar-refractivity contribution in [2.24, 2.45) is 34.8 Å². The number of amides is 2. The van der Waals surface area contributed by atoms with E-state index in [0.29, 0.717) is 48.6 Å². The van der Waals surface area contributed by atoms with Crippen molar-refractivity contribution in [2.75, 3.05) is 59.4 Å². The minimum absolute atomic E-state index is 0.0506. The molecular weight excluding hydrogens is 733 g/mol. The van der Waals surface area contributed by atoms with E-state index in [4.69, 9.17) is 15.3 Å². The number of nitrogens with zero attached hydrogens (tertiary/aromatic N) is 3. The lowest BCUT2D eigenvalue weighted by Gasteiger charge is -2.62. The van der Waals surface area contributed by atoms with Crippen LogP contribution in [0.2, 0.25) is 0 Å². The van der Waals surface area contributed by atoms with E-state index < -0.39 is 24.2 Å². The van der Waals surface area contributed by atoms with Gasteiger partial charge in [-0.1, -0.05) is 69.3 Å². The van der Waals surface area contributed by atoms with Gasteiger partial charge >= 0.3 is 0 Å². The monoisotopic (exact) mass is 799 g/mol. The van der Waals surface area contributed by atoms with E-state index in [1.54, 1.807) is 19.1 Å². The summed E-state index contributed by atoms with van der Waals surface area (Å²) in [5, 5.41) is 29.2. The van der Waals surface area contributed by atoms with Crippen molar-refractivity contribution in [3.63, 3.8) is 0 Å². The number of anilines is 1. The van der Waals surface area contributed by atoms with Crippen LogP contribution in [0.15, 0.2) is 66.7 Å². The van der Waals surface area contributed by atoms with Gasteiger partial charge in [-0.25, -0.2) is 0 Å². The maximum absolute atomic E-state index is 14.4. The molecule has 3 aliphatic carbocycles. The summed E-state index contributed by atoms with van der Waals surface area (Å²) >= 11 is 0. The van der Waals surface area contributed by atoms with Gasteiger partial charge in [0.2, 0.25) is 5.91 Å². The van der Waals surface area contributed by atoms with Gasteiger partial charge in [0.05, 0.1) is 32.5 Å². The SMILES string of the molecule is COc1c(CN2O[C@@H](CN)C([C@H](C)O)[C@H]2C(=O)N[C@H]2C[C@H]3C[C@@H]([C@@H]2C)C3(C)C)cccc1-c1cc(C(=O)N[C@@H](Cc2ccccc2)CN(C)C)cc(N(C)CCO)c1. The number of benzene rings is 3. The molecule has 1 heterocycles. The van der Waals surface area contributed by atoms with Crippen LogP contribution < -0.4 is 26.0 Å². The Balaban J connectivity index is 1.30.